The predicted molar refractivity (Wildman–Crippen MR) is 141 cm³/mol. The highest BCUT2D eigenvalue weighted by Gasteiger charge is 2.56. The summed E-state index contributed by atoms with van der Waals surface area (Å²) in [5, 5.41) is 0.805. The average molecular weight is 658 g/mol. The number of thioether (sulfide) groups is 1. The van der Waals surface area contributed by atoms with Gasteiger partial charge in [-0.1, -0.05) is 22.9 Å². The number of thiophene rings is 1. The number of quaternary nitrogens is 1. The number of thiazole rings is 1. The number of hydrogen-bond donors (Lipinski definition) is 0. The Morgan fingerprint density at radius 1 is 1.20 bits per heavy atom. The van der Waals surface area contributed by atoms with Crippen molar-refractivity contribution in [2.75, 3.05) is 12.3 Å². The third kappa shape index (κ3) is 4.87. The third-order valence-electron chi connectivity index (χ3n) is 6.17. The minimum absolute atomic E-state index is 0.0867. The molecule has 0 radical (unpaired) electrons. The van der Waals surface area contributed by atoms with Crippen LogP contribution in [0.3, 0.4) is 0 Å². The quantitative estimate of drug-likeness (QED) is 0.215. The van der Waals surface area contributed by atoms with Crippen LogP contribution in [-0.2, 0) is 26.8 Å². The molecule has 15 heteroatoms. The number of benzene rings is 1. The van der Waals surface area contributed by atoms with E-state index in [4.69, 9.17) is 11.6 Å². The van der Waals surface area contributed by atoms with E-state index in [1.165, 1.54) is 34.4 Å². The molecular formula is C20H18BrClN2O6S5. The van der Waals surface area contributed by atoms with Crippen molar-refractivity contribution < 1.29 is 30.5 Å². The highest BCUT2D eigenvalue weighted by Crippen LogP contribution is 2.57. The van der Waals surface area contributed by atoms with Crippen LogP contribution in [-0.4, -0.2) is 43.6 Å². The first-order chi connectivity index (χ1) is 16.4. The third-order valence-corrected chi connectivity index (χ3v) is 12.5. The smallest absolute Gasteiger partial charge is 0.270 e. The molecule has 2 unspecified atom stereocenters. The number of aromatic nitrogens is 1. The van der Waals surface area contributed by atoms with Crippen LogP contribution in [0, 0.1) is 0 Å². The van der Waals surface area contributed by atoms with E-state index in [1.54, 1.807) is 12.1 Å². The van der Waals surface area contributed by atoms with Gasteiger partial charge in [0.2, 0.25) is 5.52 Å². The molecule has 0 N–H and O–H groups in total. The Labute approximate surface area is 228 Å². The van der Waals surface area contributed by atoms with Crippen LogP contribution >= 0.6 is 62.0 Å². The van der Waals surface area contributed by atoms with Crippen molar-refractivity contribution in [3.63, 3.8) is 0 Å². The summed E-state index contributed by atoms with van der Waals surface area (Å²) >= 11 is 14.2. The Hall–Kier alpha value is -0.550. The van der Waals surface area contributed by atoms with E-state index in [0.29, 0.717) is 35.2 Å². The predicted octanol–water partition coefficient (Wildman–Crippen LogP) is 4.68. The lowest BCUT2D eigenvalue weighted by molar-refractivity contribution is -0.668. The molecule has 8 nitrogen and oxygen atoms in total. The van der Waals surface area contributed by atoms with Crippen LogP contribution in [0.5, 0.6) is 0 Å². The lowest BCUT2D eigenvalue weighted by Gasteiger charge is -2.36. The normalized spacial score (nSPS) is 23.7. The van der Waals surface area contributed by atoms with Crippen LogP contribution in [0.4, 0.5) is 5.69 Å². The number of halogens is 2. The Morgan fingerprint density at radius 3 is 2.69 bits per heavy atom. The number of fused-ring (bicyclic) bond motifs is 3. The van der Waals surface area contributed by atoms with Gasteiger partial charge < -0.3 is 9.11 Å². The lowest BCUT2D eigenvalue weighted by Crippen LogP contribution is -2.53. The maximum Gasteiger partial charge on any atom is 0.270 e. The molecule has 1 fully saturated rings. The standard InChI is InChI=1S/C20H18BrClN2O6S5/c21-16-10-13-20(32-16)33-17(23(13)6-2-8-34(25,26)27)11-18-24(7-1-3-19(24)35(28,29)30)14-9-12(22)4-5-15(14)31-18/h4-5,9-11,19H,1-3,6-8H2. The van der Waals surface area contributed by atoms with Gasteiger partial charge in [-0.3, -0.25) is 0 Å². The van der Waals surface area contributed by atoms with E-state index in [0.717, 1.165) is 23.2 Å². The van der Waals surface area contributed by atoms with Crippen molar-refractivity contribution in [2.24, 2.45) is 0 Å². The van der Waals surface area contributed by atoms with Crippen molar-refractivity contribution in [3.8, 4) is 0 Å². The van der Waals surface area contributed by atoms with Crippen molar-refractivity contribution in [1.82, 2.24) is 4.48 Å². The molecule has 3 aromatic rings. The topological polar surface area (TPSA) is 118 Å². The Balaban J connectivity index is 1.66. The number of rotatable bonds is 6. The van der Waals surface area contributed by atoms with E-state index >= 15 is 0 Å². The van der Waals surface area contributed by atoms with Gasteiger partial charge in [0.15, 0.2) is 36.8 Å². The van der Waals surface area contributed by atoms with Gasteiger partial charge in [-0.15, -0.1) is 11.3 Å². The fourth-order valence-electron chi connectivity index (χ4n) is 4.83. The molecule has 4 heterocycles. The van der Waals surface area contributed by atoms with Gasteiger partial charge in [-0.05, 0) is 39.8 Å². The van der Waals surface area contributed by atoms with E-state index in [9.17, 15) is 25.9 Å². The van der Waals surface area contributed by atoms with Crippen molar-refractivity contribution in [2.45, 2.75) is 36.1 Å². The van der Waals surface area contributed by atoms with Crippen LogP contribution in [0.1, 0.15) is 24.3 Å². The second kappa shape index (κ2) is 9.33. The molecular weight excluding hydrogens is 640 g/mol. The van der Waals surface area contributed by atoms with E-state index in [-0.39, 0.29) is 17.3 Å². The molecule has 1 spiro atoms. The van der Waals surface area contributed by atoms with Crippen LogP contribution in [0.25, 0.3) is 15.6 Å². The van der Waals surface area contributed by atoms with Gasteiger partial charge in [0.1, 0.15) is 0 Å². The summed E-state index contributed by atoms with van der Waals surface area (Å²) in [7, 11) is -8.97. The highest BCUT2D eigenvalue weighted by atomic mass is 79.9. The van der Waals surface area contributed by atoms with Gasteiger partial charge >= 0.3 is 0 Å². The Bertz CT molecular complexity index is 1580. The maximum atomic E-state index is 12.4. The van der Waals surface area contributed by atoms with Crippen LogP contribution < -0.4 is 9.05 Å². The summed E-state index contributed by atoms with van der Waals surface area (Å²) in [6.45, 7) is 0.758. The molecule has 188 valence electrons. The molecule has 1 saturated heterocycles. The second-order valence-corrected chi connectivity index (χ2v) is 16.6. The first-order valence-electron chi connectivity index (χ1n) is 10.5. The molecule has 0 amide bonds. The van der Waals surface area contributed by atoms with Crippen LogP contribution in [0.15, 0.2) is 38.0 Å². The zero-order chi connectivity index (χ0) is 25.2. The summed E-state index contributed by atoms with van der Waals surface area (Å²) < 4.78 is 74.4. The number of hydrogen-bond acceptors (Lipinski definition) is 9. The highest BCUT2D eigenvalue weighted by molar-refractivity contribution is 9.11. The first-order valence-corrected chi connectivity index (χ1v) is 17.1. The zero-order valence-electron chi connectivity index (χ0n) is 17.8. The summed E-state index contributed by atoms with van der Waals surface area (Å²) in [6, 6.07) is 7.26. The molecule has 1 aromatic carbocycles. The van der Waals surface area contributed by atoms with Crippen molar-refractivity contribution in [1.29, 1.82) is 0 Å². The minimum atomic E-state index is -4.62. The molecule has 2 aliphatic rings. The zero-order valence-corrected chi connectivity index (χ0v) is 24.3. The van der Waals surface area contributed by atoms with Crippen molar-refractivity contribution in [3.05, 3.63) is 43.1 Å². The SMILES string of the molecule is O=S(=O)([O-])CCC[n+]1c(C=C2Sc3ccc(Cl)cc3[N+]23CCCC3S(=O)(=O)[O-])sc2sc(Br)cc21. The second-order valence-electron chi connectivity index (χ2n) is 8.31. The molecule has 0 aliphatic carbocycles. The first kappa shape index (κ1) is 26.1. The Kier molecular flexibility index (Phi) is 6.95. The fraction of sp³-hybridized carbons (Fsp3) is 0.350. The van der Waals surface area contributed by atoms with Gasteiger partial charge in [0.25, 0.3) is 5.01 Å². The Morgan fingerprint density at radius 2 is 1.97 bits per heavy atom. The van der Waals surface area contributed by atoms with Crippen LogP contribution in [0.2, 0.25) is 5.02 Å². The summed E-state index contributed by atoms with van der Waals surface area (Å²) in [4.78, 5) is 0.848. The molecule has 2 atom stereocenters. The maximum absolute atomic E-state index is 12.4. The summed E-state index contributed by atoms with van der Waals surface area (Å²) in [5.41, 5.74) is 1.60. The summed E-state index contributed by atoms with van der Waals surface area (Å²) in [6.07, 6.45) is 2.87. The summed E-state index contributed by atoms with van der Waals surface area (Å²) in [5.74, 6) is -0.478. The van der Waals surface area contributed by atoms with Gasteiger partial charge in [-0.2, -0.15) is 4.57 Å². The minimum Gasteiger partial charge on any atom is -0.748 e. The fourth-order valence-corrected chi connectivity index (χ4v) is 11.5. The van der Waals surface area contributed by atoms with E-state index < -0.39 is 31.4 Å². The molecule has 0 bridgehead atoms. The molecule has 2 aromatic heterocycles. The monoisotopic (exact) mass is 656 g/mol. The van der Waals surface area contributed by atoms with Gasteiger partial charge in [-0.25, -0.2) is 21.3 Å². The molecule has 2 aliphatic heterocycles. The molecule has 0 saturated carbocycles. The number of nitrogens with zero attached hydrogens (tertiary/aromatic N) is 2. The largest absolute Gasteiger partial charge is 0.748 e. The molecule has 35 heavy (non-hydrogen) atoms. The molecule has 5 rings (SSSR count). The average Bonchev–Trinajstić information content (AvgIpc) is 3.47. The lowest BCUT2D eigenvalue weighted by atomic mass is 10.2. The number of aryl methyl sites for hydroxylation is 1. The van der Waals surface area contributed by atoms with Gasteiger partial charge in [0, 0.05) is 42.2 Å². The van der Waals surface area contributed by atoms with Crippen molar-refractivity contribution >= 4 is 103 Å². The van der Waals surface area contributed by atoms with Gasteiger partial charge in [0.05, 0.1) is 31.4 Å². The van der Waals surface area contributed by atoms with E-state index in [2.05, 4.69) is 15.9 Å². The van der Waals surface area contributed by atoms with E-state index in [1.807, 2.05) is 22.8 Å².